The van der Waals surface area contributed by atoms with Gasteiger partial charge in [0.1, 0.15) is 5.75 Å². The number of hydrogen-bond donors (Lipinski definition) is 2. The highest BCUT2D eigenvalue weighted by Crippen LogP contribution is 2.58. The minimum atomic E-state index is 0.252. The molecule has 3 fully saturated rings. The molecule has 2 atom stereocenters. The topological polar surface area (TPSA) is 53.6 Å². The van der Waals surface area contributed by atoms with Crippen molar-refractivity contribution in [3.05, 3.63) is 24.3 Å². The molecule has 1 amide bonds. The van der Waals surface area contributed by atoms with E-state index in [2.05, 4.69) is 27.7 Å². The van der Waals surface area contributed by atoms with Crippen LogP contribution in [0.5, 0.6) is 5.75 Å². The SMILES string of the molecule is COc1cccc(N2CCCC(NC(=O)C3CC34CCNCC4)C2)c1. The van der Waals surface area contributed by atoms with E-state index in [-0.39, 0.29) is 12.0 Å². The molecule has 1 aliphatic carbocycles. The third-order valence-corrected chi connectivity index (χ3v) is 6.29. The summed E-state index contributed by atoms with van der Waals surface area (Å²) in [5, 5.41) is 6.75. The lowest BCUT2D eigenvalue weighted by molar-refractivity contribution is -0.124. The maximum atomic E-state index is 12.7. The Kier molecular flexibility index (Phi) is 4.59. The lowest BCUT2D eigenvalue weighted by Gasteiger charge is -2.35. The van der Waals surface area contributed by atoms with E-state index in [1.807, 2.05) is 12.1 Å². The summed E-state index contributed by atoms with van der Waals surface area (Å²) in [5.41, 5.74) is 1.50. The quantitative estimate of drug-likeness (QED) is 0.880. The molecule has 1 aromatic carbocycles. The van der Waals surface area contributed by atoms with E-state index in [9.17, 15) is 4.79 Å². The molecule has 0 aromatic heterocycles. The third-order valence-electron chi connectivity index (χ3n) is 6.29. The van der Waals surface area contributed by atoms with Crippen molar-refractivity contribution in [2.45, 2.75) is 38.1 Å². The fourth-order valence-electron chi connectivity index (χ4n) is 4.63. The first-order valence-electron chi connectivity index (χ1n) is 9.60. The van der Waals surface area contributed by atoms with Gasteiger partial charge in [0.05, 0.1) is 7.11 Å². The molecule has 2 aliphatic heterocycles. The van der Waals surface area contributed by atoms with Crippen molar-refractivity contribution in [1.82, 2.24) is 10.6 Å². The number of amides is 1. The highest BCUT2D eigenvalue weighted by atomic mass is 16.5. The average Bonchev–Trinajstić information content (AvgIpc) is 3.35. The second-order valence-corrected chi connectivity index (χ2v) is 7.86. The van der Waals surface area contributed by atoms with Gasteiger partial charge in [-0.25, -0.2) is 0 Å². The number of methoxy groups -OCH3 is 1. The van der Waals surface area contributed by atoms with Crippen LogP contribution in [0.4, 0.5) is 5.69 Å². The Bertz CT molecular complexity index is 627. The van der Waals surface area contributed by atoms with Crippen LogP contribution < -0.4 is 20.3 Å². The lowest BCUT2D eigenvalue weighted by Crippen LogP contribution is -2.48. The standard InChI is InChI=1S/C20H29N3O2/c1-25-17-6-2-5-16(12-17)23-11-3-4-15(14-23)22-19(24)18-13-20(18)7-9-21-10-8-20/h2,5-6,12,15,18,21H,3-4,7-11,13-14H2,1H3,(H,22,24). The number of carbonyl (C=O) groups excluding carboxylic acids is 1. The molecule has 5 nitrogen and oxygen atoms in total. The van der Waals surface area contributed by atoms with Crippen molar-refractivity contribution < 1.29 is 9.53 Å². The molecule has 1 saturated carbocycles. The van der Waals surface area contributed by atoms with Crippen LogP contribution in [0.3, 0.4) is 0 Å². The van der Waals surface area contributed by atoms with Crippen molar-refractivity contribution in [1.29, 1.82) is 0 Å². The van der Waals surface area contributed by atoms with Crippen LogP contribution in [0.15, 0.2) is 24.3 Å². The average molecular weight is 343 g/mol. The number of carbonyl (C=O) groups is 1. The first kappa shape index (κ1) is 16.7. The Morgan fingerprint density at radius 2 is 2.20 bits per heavy atom. The summed E-state index contributed by atoms with van der Waals surface area (Å²) in [6.45, 7) is 4.06. The zero-order chi connectivity index (χ0) is 17.3. The summed E-state index contributed by atoms with van der Waals surface area (Å²) in [5.74, 6) is 1.43. The fourth-order valence-corrected chi connectivity index (χ4v) is 4.63. The third kappa shape index (κ3) is 3.47. The summed E-state index contributed by atoms with van der Waals surface area (Å²) in [6.07, 6.45) is 5.60. The van der Waals surface area contributed by atoms with Gasteiger partial charge in [-0.3, -0.25) is 4.79 Å². The molecule has 25 heavy (non-hydrogen) atoms. The van der Waals surface area contributed by atoms with Crippen LogP contribution in [0.25, 0.3) is 0 Å². The van der Waals surface area contributed by atoms with Gasteiger partial charge in [0, 0.05) is 36.8 Å². The molecule has 2 N–H and O–H groups in total. The van der Waals surface area contributed by atoms with E-state index in [0.717, 1.165) is 64.0 Å². The second kappa shape index (κ2) is 6.87. The van der Waals surface area contributed by atoms with Crippen molar-refractivity contribution in [3.8, 4) is 5.75 Å². The Labute approximate surface area is 150 Å². The van der Waals surface area contributed by atoms with E-state index in [1.54, 1.807) is 7.11 Å². The number of nitrogens with zero attached hydrogens (tertiary/aromatic N) is 1. The highest BCUT2D eigenvalue weighted by molar-refractivity contribution is 5.83. The number of nitrogens with one attached hydrogen (secondary N) is 2. The molecule has 5 heteroatoms. The maximum Gasteiger partial charge on any atom is 0.223 e. The zero-order valence-electron chi connectivity index (χ0n) is 15.1. The molecule has 4 rings (SSSR count). The minimum absolute atomic E-state index is 0.252. The summed E-state index contributed by atoms with van der Waals surface area (Å²) in [4.78, 5) is 15.1. The monoisotopic (exact) mass is 343 g/mol. The first-order chi connectivity index (χ1) is 12.2. The van der Waals surface area contributed by atoms with Gasteiger partial charge in [-0.1, -0.05) is 6.07 Å². The van der Waals surface area contributed by atoms with Gasteiger partial charge in [-0.2, -0.15) is 0 Å². The van der Waals surface area contributed by atoms with Crippen molar-refractivity contribution >= 4 is 11.6 Å². The van der Waals surface area contributed by atoms with Crippen LogP contribution in [0.2, 0.25) is 0 Å². The van der Waals surface area contributed by atoms with E-state index in [4.69, 9.17) is 4.74 Å². The predicted molar refractivity (Wildman–Crippen MR) is 99.0 cm³/mol. The Balaban J connectivity index is 1.34. The van der Waals surface area contributed by atoms with Crippen LogP contribution in [-0.2, 0) is 4.79 Å². The summed E-state index contributed by atoms with van der Waals surface area (Å²) >= 11 is 0. The van der Waals surface area contributed by atoms with Crippen molar-refractivity contribution in [2.24, 2.45) is 11.3 Å². The van der Waals surface area contributed by atoms with Gasteiger partial charge in [0.15, 0.2) is 0 Å². The van der Waals surface area contributed by atoms with Gasteiger partial charge in [-0.15, -0.1) is 0 Å². The number of rotatable bonds is 4. The predicted octanol–water partition coefficient (Wildman–Crippen LogP) is 2.17. The Morgan fingerprint density at radius 1 is 1.36 bits per heavy atom. The molecule has 2 saturated heterocycles. The van der Waals surface area contributed by atoms with Gasteiger partial charge < -0.3 is 20.3 Å². The molecule has 1 spiro atoms. The Hall–Kier alpha value is -1.75. The van der Waals surface area contributed by atoms with E-state index in [0.29, 0.717) is 11.3 Å². The van der Waals surface area contributed by atoms with Crippen molar-refractivity contribution in [3.63, 3.8) is 0 Å². The molecule has 136 valence electrons. The summed E-state index contributed by atoms with van der Waals surface area (Å²) < 4.78 is 5.34. The zero-order valence-corrected chi connectivity index (χ0v) is 15.1. The van der Waals surface area contributed by atoms with Crippen LogP contribution in [0, 0.1) is 11.3 Å². The molecule has 0 bridgehead atoms. The first-order valence-corrected chi connectivity index (χ1v) is 9.60. The normalized spacial score (nSPS) is 27.8. The molecular formula is C20H29N3O2. The number of hydrogen-bond acceptors (Lipinski definition) is 4. The molecule has 0 radical (unpaired) electrons. The van der Waals surface area contributed by atoms with Crippen LogP contribution in [0.1, 0.15) is 32.1 Å². The largest absolute Gasteiger partial charge is 0.497 e. The number of anilines is 1. The smallest absolute Gasteiger partial charge is 0.223 e. The molecule has 1 aromatic rings. The van der Waals surface area contributed by atoms with Gasteiger partial charge in [0.25, 0.3) is 0 Å². The molecule has 2 heterocycles. The number of ether oxygens (including phenoxy) is 1. The molecule has 3 aliphatic rings. The van der Waals surface area contributed by atoms with Gasteiger partial charge >= 0.3 is 0 Å². The van der Waals surface area contributed by atoms with E-state index in [1.165, 1.54) is 5.69 Å². The highest BCUT2D eigenvalue weighted by Gasteiger charge is 2.57. The minimum Gasteiger partial charge on any atom is -0.497 e. The lowest BCUT2D eigenvalue weighted by atomic mass is 9.91. The molecular weight excluding hydrogens is 314 g/mol. The fraction of sp³-hybridized carbons (Fsp3) is 0.650. The maximum absolute atomic E-state index is 12.7. The van der Waals surface area contributed by atoms with E-state index >= 15 is 0 Å². The van der Waals surface area contributed by atoms with Gasteiger partial charge in [0.2, 0.25) is 5.91 Å². The molecule has 2 unspecified atom stereocenters. The second-order valence-electron chi connectivity index (χ2n) is 7.86. The van der Waals surface area contributed by atoms with Crippen LogP contribution >= 0.6 is 0 Å². The summed E-state index contributed by atoms with van der Waals surface area (Å²) in [6, 6.07) is 8.46. The number of piperidine rings is 2. The summed E-state index contributed by atoms with van der Waals surface area (Å²) in [7, 11) is 1.70. The van der Waals surface area contributed by atoms with E-state index < -0.39 is 0 Å². The van der Waals surface area contributed by atoms with Gasteiger partial charge in [-0.05, 0) is 62.7 Å². The van der Waals surface area contributed by atoms with Crippen LogP contribution in [-0.4, -0.2) is 45.2 Å². The Morgan fingerprint density at radius 3 is 3.00 bits per heavy atom. The number of benzene rings is 1. The van der Waals surface area contributed by atoms with Crippen molar-refractivity contribution in [2.75, 3.05) is 38.2 Å².